The topological polar surface area (TPSA) is 72.3 Å². The van der Waals surface area contributed by atoms with Gasteiger partial charge in [0.25, 0.3) is 0 Å². The van der Waals surface area contributed by atoms with E-state index in [9.17, 15) is 5.11 Å². The molecule has 3 heteroatoms. The zero-order valence-electron chi connectivity index (χ0n) is 12.8. The average molecular weight is 304 g/mol. The van der Waals surface area contributed by atoms with Crippen LogP contribution >= 0.6 is 0 Å². The normalized spacial score (nSPS) is 10.8. The van der Waals surface area contributed by atoms with Crippen LogP contribution in [0.2, 0.25) is 0 Å². The van der Waals surface area contributed by atoms with Gasteiger partial charge in [-0.15, -0.1) is 0 Å². The molecule has 0 aliphatic rings. The predicted octanol–water partition coefficient (Wildman–Crippen LogP) is 3.93. The Morgan fingerprint density at radius 3 is 1.52 bits per heavy atom. The van der Waals surface area contributed by atoms with Gasteiger partial charge in [0.15, 0.2) is 0 Å². The molecule has 3 nitrogen and oxygen atoms in total. The lowest BCUT2D eigenvalue weighted by Crippen LogP contribution is -2.05. The van der Waals surface area contributed by atoms with E-state index in [1.165, 1.54) is 16.7 Å². The number of nitrogens with two attached hydrogens (primary N) is 2. The summed E-state index contributed by atoms with van der Waals surface area (Å²) in [6.45, 7) is 0. The van der Waals surface area contributed by atoms with Crippen LogP contribution in [0.5, 0.6) is 5.75 Å². The third-order valence-electron chi connectivity index (χ3n) is 4.05. The van der Waals surface area contributed by atoms with Gasteiger partial charge < -0.3 is 16.6 Å². The monoisotopic (exact) mass is 304 g/mol. The Hall–Kier alpha value is -2.94. The van der Waals surface area contributed by atoms with Gasteiger partial charge in [-0.3, -0.25) is 0 Å². The van der Waals surface area contributed by atoms with Crippen LogP contribution in [0.4, 0.5) is 11.4 Å². The van der Waals surface area contributed by atoms with Gasteiger partial charge in [0.05, 0.1) is 0 Å². The summed E-state index contributed by atoms with van der Waals surface area (Å²) in [4.78, 5) is 0. The molecule has 3 aromatic rings. The summed E-state index contributed by atoms with van der Waals surface area (Å²) in [5.41, 5.74) is 16.7. The first-order chi connectivity index (χ1) is 11.1. The van der Waals surface area contributed by atoms with E-state index in [2.05, 4.69) is 24.3 Å². The highest BCUT2D eigenvalue weighted by Crippen LogP contribution is 2.30. The van der Waals surface area contributed by atoms with Crippen molar-refractivity contribution in [1.82, 2.24) is 0 Å². The fourth-order valence-electron chi connectivity index (χ4n) is 2.75. The minimum Gasteiger partial charge on any atom is -0.508 e. The van der Waals surface area contributed by atoms with Crippen LogP contribution in [0.3, 0.4) is 0 Å². The fraction of sp³-hybridized carbons (Fsp3) is 0.100. The summed E-state index contributed by atoms with van der Waals surface area (Å²) in [7, 11) is 0. The Balaban J connectivity index is 1.97. The Bertz CT molecular complexity index is 717. The van der Waals surface area contributed by atoms with Crippen molar-refractivity contribution in [2.45, 2.75) is 12.3 Å². The molecular weight excluding hydrogens is 284 g/mol. The third-order valence-corrected chi connectivity index (χ3v) is 4.05. The maximum Gasteiger partial charge on any atom is 0.115 e. The van der Waals surface area contributed by atoms with Gasteiger partial charge in [-0.25, -0.2) is 0 Å². The quantitative estimate of drug-likeness (QED) is 0.639. The molecule has 0 amide bonds. The largest absolute Gasteiger partial charge is 0.508 e. The number of hydrogen-bond acceptors (Lipinski definition) is 3. The molecule has 0 radical (unpaired) electrons. The standard InChI is InChI=1S/C20H20N2O/c21-17-7-3-15(4-8-17)20(16-5-9-18(22)10-6-16)13-14-1-11-19(23)12-2-14/h1-12,20,23H,13,21-22H2. The average Bonchev–Trinajstić information content (AvgIpc) is 2.56. The second kappa shape index (κ2) is 6.44. The molecule has 5 N–H and O–H groups in total. The number of phenolic OH excluding ortho intramolecular Hbond substituents is 1. The van der Waals surface area contributed by atoms with Gasteiger partial charge in [-0.1, -0.05) is 36.4 Å². The molecule has 0 aliphatic heterocycles. The molecule has 0 saturated heterocycles. The van der Waals surface area contributed by atoms with Gasteiger partial charge in [0.1, 0.15) is 5.75 Å². The Morgan fingerprint density at radius 2 is 1.09 bits per heavy atom. The molecule has 0 fully saturated rings. The number of phenols is 1. The highest BCUT2D eigenvalue weighted by atomic mass is 16.3. The molecule has 3 aromatic carbocycles. The second-order valence-corrected chi connectivity index (χ2v) is 5.76. The van der Waals surface area contributed by atoms with E-state index in [0.717, 1.165) is 17.8 Å². The molecule has 0 aromatic heterocycles. The van der Waals surface area contributed by atoms with E-state index in [4.69, 9.17) is 11.5 Å². The van der Waals surface area contributed by atoms with Gasteiger partial charge in [0.2, 0.25) is 0 Å². The summed E-state index contributed by atoms with van der Waals surface area (Å²) in [6.07, 6.45) is 0.841. The first-order valence-electron chi connectivity index (χ1n) is 7.60. The van der Waals surface area contributed by atoms with E-state index in [-0.39, 0.29) is 11.7 Å². The van der Waals surface area contributed by atoms with Crippen LogP contribution in [0.15, 0.2) is 72.8 Å². The maximum absolute atomic E-state index is 9.46. The third kappa shape index (κ3) is 3.64. The van der Waals surface area contributed by atoms with Crippen molar-refractivity contribution < 1.29 is 5.11 Å². The fourth-order valence-corrected chi connectivity index (χ4v) is 2.75. The Labute approximate surface area is 136 Å². The number of anilines is 2. The van der Waals surface area contributed by atoms with Crippen molar-refractivity contribution in [2.75, 3.05) is 11.5 Å². The van der Waals surface area contributed by atoms with E-state index < -0.39 is 0 Å². The predicted molar refractivity (Wildman–Crippen MR) is 95.4 cm³/mol. The van der Waals surface area contributed by atoms with E-state index in [0.29, 0.717) is 0 Å². The summed E-state index contributed by atoms with van der Waals surface area (Å²) in [5.74, 6) is 0.492. The first-order valence-corrected chi connectivity index (χ1v) is 7.60. The van der Waals surface area contributed by atoms with Crippen LogP contribution in [0, 0.1) is 0 Å². The molecule has 0 atom stereocenters. The minimum atomic E-state index is 0.209. The van der Waals surface area contributed by atoms with Gasteiger partial charge in [-0.05, 0) is 59.5 Å². The van der Waals surface area contributed by atoms with Gasteiger partial charge in [-0.2, -0.15) is 0 Å². The lowest BCUT2D eigenvalue weighted by molar-refractivity contribution is 0.475. The lowest BCUT2D eigenvalue weighted by atomic mass is 9.86. The van der Waals surface area contributed by atoms with Gasteiger partial charge in [0, 0.05) is 17.3 Å². The smallest absolute Gasteiger partial charge is 0.115 e. The lowest BCUT2D eigenvalue weighted by Gasteiger charge is -2.19. The maximum atomic E-state index is 9.46. The first kappa shape index (κ1) is 15.0. The number of benzene rings is 3. The van der Waals surface area contributed by atoms with Crippen LogP contribution in [-0.2, 0) is 6.42 Å². The van der Waals surface area contributed by atoms with Crippen molar-refractivity contribution >= 4 is 11.4 Å². The number of aromatic hydroxyl groups is 1. The molecule has 0 bridgehead atoms. The molecule has 0 spiro atoms. The van der Waals surface area contributed by atoms with E-state index in [1.54, 1.807) is 12.1 Å². The molecule has 0 unspecified atom stereocenters. The Kier molecular flexibility index (Phi) is 4.20. The molecule has 3 rings (SSSR count). The molecule has 23 heavy (non-hydrogen) atoms. The summed E-state index contributed by atoms with van der Waals surface area (Å²) in [5, 5.41) is 9.46. The molecule has 116 valence electrons. The molecule has 0 heterocycles. The van der Waals surface area contributed by atoms with Crippen molar-refractivity contribution in [2.24, 2.45) is 0 Å². The summed E-state index contributed by atoms with van der Waals surface area (Å²) < 4.78 is 0. The highest BCUT2D eigenvalue weighted by molar-refractivity contribution is 5.46. The Morgan fingerprint density at radius 1 is 0.652 bits per heavy atom. The van der Waals surface area contributed by atoms with Crippen LogP contribution in [0.1, 0.15) is 22.6 Å². The van der Waals surface area contributed by atoms with E-state index in [1.807, 2.05) is 36.4 Å². The van der Waals surface area contributed by atoms with E-state index >= 15 is 0 Å². The SMILES string of the molecule is Nc1ccc(C(Cc2ccc(O)cc2)c2ccc(N)cc2)cc1. The number of hydrogen-bond donors (Lipinski definition) is 3. The zero-order chi connectivity index (χ0) is 16.2. The zero-order valence-corrected chi connectivity index (χ0v) is 12.8. The van der Waals surface area contributed by atoms with Crippen LogP contribution in [-0.4, -0.2) is 5.11 Å². The number of nitrogen functional groups attached to an aromatic ring is 2. The second-order valence-electron chi connectivity index (χ2n) is 5.76. The number of rotatable bonds is 4. The molecule has 0 saturated carbocycles. The summed E-state index contributed by atoms with van der Waals surface area (Å²) in [6, 6.07) is 23.3. The molecular formula is C20H20N2O. The minimum absolute atomic E-state index is 0.209. The van der Waals surface area contributed by atoms with Crippen molar-refractivity contribution in [3.05, 3.63) is 89.5 Å². The van der Waals surface area contributed by atoms with Crippen molar-refractivity contribution in [3.63, 3.8) is 0 Å². The van der Waals surface area contributed by atoms with Crippen LogP contribution in [0.25, 0.3) is 0 Å². The van der Waals surface area contributed by atoms with Crippen molar-refractivity contribution in [1.29, 1.82) is 0 Å². The van der Waals surface area contributed by atoms with Crippen LogP contribution < -0.4 is 11.5 Å². The summed E-state index contributed by atoms with van der Waals surface area (Å²) >= 11 is 0. The van der Waals surface area contributed by atoms with Gasteiger partial charge >= 0.3 is 0 Å². The molecule has 0 aliphatic carbocycles. The van der Waals surface area contributed by atoms with Crippen molar-refractivity contribution in [3.8, 4) is 5.75 Å². The highest BCUT2D eigenvalue weighted by Gasteiger charge is 2.15.